The van der Waals surface area contributed by atoms with Gasteiger partial charge < -0.3 is 10.1 Å². The van der Waals surface area contributed by atoms with Crippen LogP contribution in [0.3, 0.4) is 0 Å². The zero-order valence-corrected chi connectivity index (χ0v) is 12.3. The van der Waals surface area contributed by atoms with Gasteiger partial charge in [-0.25, -0.2) is 4.79 Å². The highest BCUT2D eigenvalue weighted by molar-refractivity contribution is 7.98. The van der Waals surface area contributed by atoms with Crippen LogP contribution < -0.4 is 5.32 Å². The van der Waals surface area contributed by atoms with Crippen molar-refractivity contribution in [2.45, 2.75) is 37.7 Å². The number of nitrogens with one attached hydrogen (secondary N) is 1. The Balaban J connectivity index is 2.35. The molecule has 0 saturated heterocycles. The summed E-state index contributed by atoms with van der Waals surface area (Å²) in [5.41, 5.74) is 0.779. The molecule has 0 aliphatic heterocycles. The molecule has 0 bridgehead atoms. The maximum absolute atomic E-state index is 11.4. The van der Waals surface area contributed by atoms with E-state index in [0.717, 1.165) is 6.42 Å². The largest absolute Gasteiger partial charge is 0.444 e. The van der Waals surface area contributed by atoms with Gasteiger partial charge in [-0.15, -0.1) is 11.8 Å². The molecule has 0 fully saturated rings. The first-order valence-electron chi connectivity index (χ1n) is 6.00. The number of alkyl carbamates (subject to hydrolysis) is 1. The van der Waals surface area contributed by atoms with Gasteiger partial charge in [-0.2, -0.15) is 0 Å². The molecule has 18 heavy (non-hydrogen) atoms. The van der Waals surface area contributed by atoms with Crippen molar-refractivity contribution in [3.8, 4) is 0 Å². The van der Waals surface area contributed by atoms with E-state index in [0.29, 0.717) is 6.54 Å². The second-order valence-corrected chi connectivity index (χ2v) is 5.91. The molecule has 0 saturated carbocycles. The molecule has 100 valence electrons. The minimum atomic E-state index is -0.442. The van der Waals surface area contributed by atoms with Gasteiger partial charge in [0.1, 0.15) is 5.60 Å². The summed E-state index contributed by atoms with van der Waals surface area (Å²) in [6, 6.07) is 8.32. The Kier molecular flexibility index (Phi) is 5.54. The van der Waals surface area contributed by atoms with Crippen molar-refractivity contribution in [1.82, 2.24) is 5.32 Å². The Morgan fingerprint density at radius 3 is 2.72 bits per heavy atom. The molecular formula is C14H21NO2S. The molecule has 1 rings (SSSR count). The fourth-order valence-corrected chi connectivity index (χ4v) is 1.93. The monoisotopic (exact) mass is 267 g/mol. The summed E-state index contributed by atoms with van der Waals surface area (Å²) >= 11 is 1.72. The lowest BCUT2D eigenvalue weighted by atomic mass is 10.1. The van der Waals surface area contributed by atoms with Gasteiger partial charge in [-0.05, 0) is 51.1 Å². The number of carbonyl (C=O) groups is 1. The second-order valence-electron chi connectivity index (χ2n) is 5.03. The maximum Gasteiger partial charge on any atom is 0.407 e. The lowest BCUT2D eigenvalue weighted by Crippen LogP contribution is -2.33. The minimum Gasteiger partial charge on any atom is -0.444 e. The Hall–Kier alpha value is -1.16. The highest BCUT2D eigenvalue weighted by atomic mass is 32.2. The van der Waals surface area contributed by atoms with Crippen molar-refractivity contribution in [1.29, 1.82) is 0 Å². The molecule has 0 atom stereocenters. The van der Waals surface area contributed by atoms with E-state index in [1.807, 2.05) is 26.8 Å². The van der Waals surface area contributed by atoms with Crippen molar-refractivity contribution in [3.63, 3.8) is 0 Å². The first-order valence-corrected chi connectivity index (χ1v) is 7.23. The normalized spacial score (nSPS) is 11.1. The third-order valence-electron chi connectivity index (χ3n) is 2.22. The van der Waals surface area contributed by atoms with Gasteiger partial charge in [0.15, 0.2) is 0 Å². The predicted octanol–water partition coefficient (Wildman–Crippen LogP) is 3.48. The molecule has 1 N–H and O–H groups in total. The summed E-state index contributed by atoms with van der Waals surface area (Å²) in [6.45, 7) is 6.16. The van der Waals surface area contributed by atoms with E-state index in [4.69, 9.17) is 4.74 Å². The number of benzene rings is 1. The summed E-state index contributed by atoms with van der Waals surface area (Å²) in [5, 5.41) is 2.76. The van der Waals surface area contributed by atoms with Crippen LogP contribution in [-0.4, -0.2) is 24.5 Å². The van der Waals surface area contributed by atoms with Crippen molar-refractivity contribution in [3.05, 3.63) is 29.8 Å². The van der Waals surface area contributed by atoms with Crippen LogP contribution in [0.4, 0.5) is 4.79 Å². The molecule has 1 aromatic rings. The van der Waals surface area contributed by atoms with Crippen LogP contribution in [0.1, 0.15) is 26.3 Å². The number of ether oxygens (including phenoxy) is 1. The molecule has 1 amide bonds. The SMILES string of the molecule is CSc1cccc(CCNC(=O)OC(C)(C)C)c1. The lowest BCUT2D eigenvalue weighted by Gasteiger charge is -2.19. The molecular weight excluding hydrogens is 246 g/mol. The van der Waals surface area contributed by atoms with E-state index in [9.17, 15) is 4.79 Å². The van der Waals surface area contributed by atoms with Crippen LogP contribution in [-0.2, 0) is 11.2 Å². The summed E-state index contributed by atoms with van der Waals surface area (Å²) in [5.74, 6) is 0. The Labute approximate surface area is 113 Å². The number of hydrogen-bond acceptors (Lipinski definition) is 3. The molecule has 3 nitrogen and oxygen atoms in total. The van der Waals surface area contributed by atoms with Gasteiger partial charge in [0.2, 0.25) is 0 Å². The van der Waals surface area contributed by atoms with Crippen LogP contribution in [0.15, 0.2) is 29.2 Å². The molecule has 0 aliphatic rings. The van der Waals surface area contributed by atoms with E-state index in [1.165, 1.54) is 10.5 Å². The van der Waals surface area contributed by atoms with Gasteiger partial charge >= 0.3 is 6.09 Å². The fourth-order valence-electron chi connectivity index (χ4n) is 1.45. The van der Waals surface area contributed by atoms with E-state index in [1.54, 1.807) is 11.8 Å². The molecule has 0 aliphatic carbocycles. The van der Waals surface area contributed by atoms with Crippen LogP contribution >= 0.6 is 11.8 Å². The van der Waals surface area contributed by atoms with Crippen molar-refractivity contribution < 1.29 is 9.53 Å². The van der Waals surface area contributed by atoms with Gasteiger partial charge in [0, 0.05) is 11.4 Å². The van der Waals surface area contributed by atoms with E-state index >= 15 is 0 Å². The zero-order chi connectivity index (χ0) is 13.6. The number of amides is 1. The molecule has 0 aromatic heterocycles. The van der Waals surface area contributed by atoms with Crippen LogP contribution in [0, 0.1) is 0 Å². The summed E-state index contributed by atoms with van der Waals surface area (Å²) in [4.78, 5) is 12.7. The van der Waals surface area contributed by atoms with E-state index in [-0.39, 0.29) is 6.09 Å². The van der Waals surface area contributed by atoms with E-state index in [2.05, 4.69) is 29.8 Å². The Morgan fingerprint density at radius 1 is 1.39 bits per heavy atom. The maximum atomic E-state index is 11.4. The summed E-state index contributed by atoms with van der Waals surface area (Å²) < 4.78 is 5.17. The van der Waals surface area contributed by atoms with Gasteiger partial charge in [-0.1, -0.05) is 12.1 Å². The van der Waals surface area contributed by atoms with Crippen LogP contribution in [0.5, 0.6) is 0 Å². The Morgan fingerprint density at radius 2 is 2.11 bits per heavy atom. The van der Waals surface area contributed by atoms with Crippen molar-refractivity contribution in [2.75, 3.05) is 12.8 Å². The van der Waals surface area contributed by atoms with Crippen LogP contribution in [0.2, 0.25) is 0 Å². The highest BCUT2D eigenvalue weighted by Crippen LogP contribution is 2.15. The lowest BCUT2D eigenvalue weighted by molar-refractivity contribution is 0.0528. The van der Waals surface area contributed by atoms with E-state index < -0.39 is 5.60 Å². The van der Waals surface area contributed by atoms with Gasteiger partial charge in [-0.3, -0.25) is 0 Å². The zero-order valence-electron chi connectivity index (χ0n) is 11.4. The standard InChI is InChI=1S/C14H21NO2S/c1-14(2,3)17-13(16)15-9-8-11-6-5-7-12(10-11)18-4/h5-7,10H,8-9H2,1-4H3,(H,15,16). The highest BCUT2D eigenvalue weighted by Gasteiger charge is 2.15. The number of rotatable bonds is 4. The van der Waals surface area contributed by atoms with Gasteiger partial charge in [0.05, 0.1) is 0 Å². The topological polar surface area (TPSA) is 38.3 Å². The van der Waals surface area contributed by atoms with Gasteiger partial charge in [0.25, 0.3) is 0 Å². The third kappa shape index (κ3) is 5.96. The average molecular weight is 267 g/mol. The smallest absolute Gasteiger partial charge is 0.407 e. The quantitative estimate of drug-likeness (QED) is 0.849. The fraction of sp³-hybridized carbons (Fsp3) is 0.500. The molecule has 0 radical (unpaired) electrons. The first kappa shape index (κ1) is 14.9. The molecule has 4 heteroatoms. The van der Waals surface area contributed by atoms with Crippen LogP contribution in [0.25, 0.3) is 0 Å². The minimum absolute atomic E-state index is 0.358. The molecule has 0 spiro atoms. The van der Waals surface area contributed by atoms with Crippen molar-refractivity contribution in [2.24, 2.45) is 0 Å². The molecule has 0 unspecified atom stereocenters. The number of carbonyl (C=O) groups excluding carboxylic acids is 1. The molecule has 1 aromatic carbocycles. The number of hydrogen-bond donors (Lipinski definition) is 1. The molecule has 0 heterocycles. The van der Waals surface area contributed by atoms with Crippen molar-refractivity contribution >= 4 is 17.9 Å². The average Bonchev–Trinajstić information content (AvgIpc) is 2.27. The first-order chi connectivity index (χ1) is 8.40. The third-order valence-corrected chi connectivity index (χ3v) is 2.94. The summed E-state index contributed by atoms with van der Waals surface area (Å²) in [6.07, 6.45) is 2.51. The predicted molar refractivity (Wildman–Crippen MR) is 76.2 cm³/mol. The number of thioether (sulfide) groups is 1. The summed E-state index contributed by atoms with van der Waals surface area (Å²) in [7, 11) is 0. The second kappa shape index (κ2) is 6.69. The Bertz CT molecular complexity index is 399.